The summed E-state index contributed by atoms with van der Waals surface area (Å²) in [6, 6.07) is 16.3. The van der Waals surface area contributed by atoms with Gasteiger partial charge >= 0.3 is 5.97 Å². The van der Waals surface area contributed by atoms with E-state index in [1.54, 1.807) is 43.5 Å². The van der Waals surface area contributed by atoms with Gasteiger partial charge in [0.25, 0.3) is 0 Å². The molecular weight excluding hydrogens is 394 g/mol. The van der Waals surface area contributed by atoms with E-state index in [9.17, 15) is 9.59 Å². The Hall–Kier alpha value is -3.80. The quantitative estimate of drug-likeness (QED) is 0.513. The van der Waals surface area contributed by atoms with Gasteiger partial charge in [0.1, 0.15) is 11.5 Å². The molecule has 3 rings (SSSR count). The Kier molecular flexibility index (Phi) is 6.92. The zero-order valence-corrected chi connectivity index (χ0v) is 17.7. The highest BCUT2D eigenvalue weighted by Crippen LogP contribution is 2.21. The van der Waals surface area contributed by atoms with Gasteiger partial charge in [0, 0.05) is 18.3 Å². The van der Waals surface area contributed by atoms with Crippen molar-refractivity contribution in [3.8, 4) is 11.5 Å². The van der Waals surface area contributed by atoms with Crippen LogP contribution in [0, 0.1) is 6.92 Å². The number of carbonyl (C=O) groups is 2. The molecule has 6 heteroatoms. The number of ketones is 1. The van der Waals surface area contributed by atoms with Crippen molar-refractivity contribution in [1.82, 2.24) is 4.57 Å². The molecule has 1 atom stereocenters. The van der Waals surface area contributed by atoms with Crippen LogP contribution in [0.25, 0.3) is 6.08 Å². The molecule has 160 valence electrons. The second-order valence-corrected chi connectivity index (χ2v) is 7.13. The molecule has 31 heavy (non-hydrogen) atoms. The van der Waals surface area contributed by atoms with E-state index in [-0.39, 0.29) is 5.78 Å². The number of carboxylic acid groups (broad SMARTS) is 1. The number of carbonyl (C=O) groups excluding carboxylic acids is 1. The van der Waals surface area contributed by atoms with Crippen LogP contribution in [0.1, 0.15) is 34.1 Å². The third kappa shape index (κ3) is 5.42. The van der Waals surface area contributed by atoms with E-state index < -0.39 is 12.1 Å². The molecule has 1 heterocycles. The Morgan fingerprint density at radius 1 is 1.13 bits per heavy atom. The standard InChI is InChI=1S/C25H25NO5/c1-17-11-12-20(16-23(17)30-3)24(27)22-10-6-14-26(22)13-5-8-19-7-4-9-21(15-19)31-18(2)25(28)29/h4-12,14-16,18H,13H2,1-3H3,(H,28,29)/b8-5+/t18-/m0/s1. The smallest absolute Gasteiger partial charge is 0.344 e. The summed E-state index contributed by atoms with van der Waals surface area (Å²) in [5, 5.41) is 8.98. The molecule has 0 aliphatic carbocycles. The van der Waals surface area contributed by atoms with Gasteiger partial charge in [-0.25, -0.2) is 4.79 Å². The summed E-state index contributed by atoms with van der Waals surface area (Å²) >= 11 is 0. The van der Waals surface area contributed by atoms with E-state index in [4.69, 9.17) is 14.6 Å². The average Bonchev–Trinajstić information content (AvgIpc) is 3.22. The SMILES string of the molecule is COc1cc(C(=O)c2cccn2C/C=C/c2cccc(O[C@@H](C)C(=O)O)c2)ccc1C. The average molecular weight is 419 g/mol. The third-order valence-corrected chi connectivity index (χ3v) is 4.86. The summed E-state index contributed by atoms with van der Waals surface area (Å²) in [7, 11) is 1.59. The van der Waals surface area contributed by atoms with Crippen molar-refractivity contribution in [3.05, 3.63) is 89.3 Å². The zero-order valence-electron chi connectivity index (χ0n) is 17.7. The molecule has 0 bridgehead atoms. The van der Waals surface area contributed by atoms with Crippen LogP contribution in [0.5, 0.6) is 11.5 Å². The van der Waals surface area contributed by atoms with Crippen LogP contribution in [0.4, 0.5) is 0 Å². The lowest BCUT2D eigenvalue weighted by atomic mass is 10.1. The van der Waals surface area contributed by atoms with Gasteiger partial charge in [-0.2, -0.15) is 0 Å². The fourth-order valence-corrected chi connectivity index (χ4v) is 3.14. The van der Waals surface area contributed by atoms with Gasteiger partial charge in [0.15, 0.2) is 6.10 Å². The molecule has 0 amide bonds. The van der Waals surface area contributed by atoms with Crippen LogP contribution in [0.15, 0.2) is 66.9 Å². The van der Waals surface area contributed by atoms with Crippen LogP contribution in [-0.4, -0.2) is 34.6 Å². The van der Waals surface area contributed by atoms with Gasteiger partial charge in [-0.15, -0.1) is 0 Å². The zero-order chi connectivity index (χ0) is 22.4. The molecular formula is C25H25NO5. The van der Waals surface area contributed by atoms with E-state index in [0.29, 0.717) is 29.3 Å². The van der Waals surface area contributed by atoms with Crippen LogP contribution in [0.3, 0.4) is 0 Å². The molecule has 2 aromatic carbocycles. The Morgan fingerprint density at radius 3 is 2.68 bits per heavy atom. The van der Waals surface area contributed by atoms with Gasteiger partial charge in [-0.05, 0) is 55.3 Å². The normalized spacial score (nSPS) is 12.0. The van der Waals surface area contributed by atoms with Crippen molar-refractivity contribution in [2.45, 2.75) is 26.5 Å². The second-order valence-electron chi connectivity index (χ2n) is 7.13. The summed E-state index contributed by atoms with van der Waals surface area (Å²) in [4.78, 5) is 23.9. The number of carboxylic acids is 1. The first kappa shape index (κ1) is 21.9. The van der Waals surface area contributed by atoms with Crippen molar-refractivity contribution in [2.75, 3.05) is 7.11 Å². The van der Waals surface area contributed by atoms with E-state index >= 15 is 0 Å². The highest BCUT2D eigenvalue weighted by molar-refractivity contribution is 6.08. The maximum Gasteiger partial charge on any atom is 0.344 e. The Labute approximate surface area is 181 Å². The summed E-state index contributed by atoms with van der Waals surface area (Å²) in [6.45, 7) is 3.93. The molecule has 0 aliphatic rings. The van der Waals surface area contributed by atoms with Gasteiger partial charge in [-0.1, -0.05) is 36.4 Å². The van der Waals surface area contributed by atoms with Gasteiger partial charge in [-0.3, -0.25) is 4.79 Å². The number of aliphatic carboxylic acids is 1. The molecule has 1 aromatic heterocycles. The number of nitrogens with zero attached hydrogens (tertiary/aromatic N) is 1. The number of hydrogen-bond donors (Lipinski definition) is 1. The molecule has 0 fully saturated rings. The highest BCUT2D eigenvalue weighted by Gasteiger charge is 2.15. The predicted octanol–water partition coefficient (Wildman–Crippen LogP) is 4.60. The first-order chi connectivity index (χ1) is 14.9. The Morgan fingerprint density at radius 2 is 1.94 bits per heavy atom. The first-order valence-corrected chi connectivity index (χ1v) is 9.89. The fourth-order valence-electron chi connectivity index (χ4n) is 3.14. The van der Waals surface area contributed by atoms with Crippen molar-refractivity contribution >= 4 is 17.8 Å². The van der Waals surface area contributed by atoms with Crippen molar-refractivity contribution < 1.29 is 24.2 Å². The van der Waals surface area contributed by atoms with Gasteiger partial charge in [0.05, 0.1) is 12.8 Å². The van der Waals surface area contributed by atoms with E-state index in [1.807, 2.05) is 48.0 Å². The van der Waals surface area contributed by atoms with E-state index in [2.05, 4.69) is 0 Å². The predicted molar refractivity (Wildman–Crippen MR) is 119 cm³/mol. The lowest BCUT2D eigenvalue weighted by Gasteiger charge is -2.10. The second kappa shape index (κ2) is 9.80. The monoisotopic (exact) mass is 419 g/mol. The molecule has 3 aromatic rings. The largest absolute Gasteiger partial charge is 0.496 e. The number of hydrogen-bond acceptors (Lipinski definition) is 4. The minimum Gasteiger partial charge on any atom is -0.496 e. The van der Waals surface area contributed by atoms with Crippen LogP contribution >= 0.6 is 0 Å². The lowest BCUT2D eigenvalue weighted by molar-refractivity contribution is -0.144. The molecule has 0 aliphatic heterocycles. The van der Waals surface area contributed by atoms with Crippen molar-refractivity contribution in [2.24, 2.45) is 0 Å². The highest BCUT2D eigenvalue weighted by atomic mass is 16.5. The number of aryl methyl sites for hydroxylation is 1. The minimum absolute atomic E-state index is 0.0743. The molecule has 0 unspecified atom stereocenters. The lowest BCUT2D eigenvalue weighted by Crippen LogP contribution is -2.22. The molecule has 1 N–H and O–H groups in total. The first-order valence-electron chi connectivity index (χ1n) is 9.89. The molecule has 6 nitrogen and oxygen atoms in total. The van der Waals surface area contributed by atoms with E-state index in [1.165, 1.54) is 6.92 Å². The summed E-state index contributed by atoms with van der Waals surface area (Å²) < 4.78 is 12.6. The Balaban J connectivity index is 1.72. The molecule has 0 radical (unpaired) electrons. The third-order valence-electron chi connectivity index (χ3n) is 4.86. The summed E-state index contributed by atoms with van der Waals surface area (Å²) in [5.41, 5.74) is 3.01. The van der Waals surface area contributed by atoms with Gasteiger partial charge < -0.3 is 19.1 Å². The maximum atomic E-state index is 13.0. The molecule has 0 saturated heterocycles. The summed E-state index contributed by atoms with van der Waals surface area (Å²) in [6.07, 6.45) is 4.78. The summed E-state index contributed by atoms with van der Waals surface area (Å²) in [5.74, 6) is 0.0806. The minimum atomic E-state index is -1.02. The number of allylic oxidation sites excluding steroid dienone is 1. The number of rotatable bonds is 9. The van der Waals surface area contributed by atoms with Gasteiger partial charge in [0.2, 0.25) is 5.78 Å². The van der Waals surface area contributed by atoms with E-state index in [0.717, 1.165) is 11.1 Å². The molecule has 0 spiro atoms. The number of methoxy groups -OCH3 is 1. The molecule has 0 saturated carbocycles. The van der Waals surface area contributed by atoms with Crippen molar-refractivity contribution in [1.29, 1.82) is 0 Å². The topological polar surface area (TPSA) is 77.8 Å². The van der Waals surface area contributed by atoms with Crippen LogP contribution in [0.2, 0.25) is 0 Å². The number of ether oxygens (including phenoxy) is 2. The van der Waals surface area contributed by atoms with Crippen molar-refractivity contribution in [3.63, 3.8) is 0 Å². The van der Waals surface area contributed by atoms with Crippen LogP contribution in [-0.2, 0) is 11.3 Å². The van der Waals surface area contributed by atoms with Crippen LogP contribution < -0.4 is 9.47 Å². The number of benzene rings is 2. The fraction of sp³-hybridized carbons (Fsp3) is 0.200. The Bertz CT molecular complexity index is 1110. The maximum absolute atomic E-state index is 13.0. The number of aromatic nitrogens is 1.